The van der Waals surface area contributed by atoms with E-state index in [1.807, 2.05) is 13.8 Å². The second-order valence-corrected chi connectivity index (χ2v) is 11.9. The lowest BCUT2D eigenvalue weighted by atomic mass is 9.84. The van der Waals surface area contributed by atoms with E-state index in [0.717, 1.165) is 31.2 Å². The van der Waals surface area contributed by atoms with Gasteiger partial charge in [-0.25, -0.2) is 22.4 Å². The number of aromatic nitrogens is 4. The van der Waals surface area contributed by atoms with Crippen LogP contribution in [0, 0.1) is 28.6 Å². The van der Waals surface area contributed by atoms with Crippen molar-refractivity contribution in [3.05, 3.63) is 54.6 Å². The molecule has 0 radical (unpaired) electrons. The van der Waals surface area contributed by atoms with Crippen molar-refractivity contribution >= 4 is 37.9 Å². The van der Waals surface area contributed by atoms with Gasteiger partial charge in [0, 0.05) is 30.0 Å². The molecule has 0 amide bonds. The van der Waals surface area contributed by atoms with Crippen LogP contribution in [0.25, 0.3) is 22.1 Å². The predicted molar refractivity (Wildman–Crippen MR) is 144 cm³/mol. The summed E-state index contributed by atoms with van der Waals surface area (Å²) >= 11 is 0. The molecule has 0 atom stereocenters. The Kier molecular flexibility index (Phi) is 7.19. The van der Waals surface area contributed by atoms with E-state index in [4.69, 9.17) is 20.5 Å². The van der Waals surface area contributed by atoms with Crippen LogP contribution in [0.5, 0.6) is 0 Å². The molecule has 1 saturated carbocycles. The molecule has 3 aromatic heterocycles. The lowest BCUT2D eigenvalue weighted by Crippen LogP contribution is -2.28. The van der Waals surface area contributed by atoms with Gasteiger partial charge >= 0.3 is 0 Å². The summed E-state index contributed by atoms with van der Waals surface area (Å²) in [6.07, 6.45) is 7.35. The lowest BCUT2D eigenvalue weighted by molar-refractivity contribution is 0.0598. The van der Waals surface area contributed by atoms with Crippen LogP contribution in [0.4, 0.5) is 0 Å². The number of imidazole rings is 1. The van der Waals surface area contributed by atoms with E-state index in [1.165, 1.54) is 3.97 Å². The number of fused-ring (bicyclic) bond motifs is 3. The molecular weight excluding hydrogens is 502 g/mol. The van der Waals surface area contributed by atoms with Gasteiger partial charge in [0.2, 0.25) is 0 Å². The van der Waals surface area contributed by atoms with Gasteiger partial charge in [-0.3, -0.25) is 15.7 Å². The summed E-state index contributed by atoms with van der Waals surface area (Å²) in [5, 5.41) is 17.8. The first-order chi connectivity index (χ1) is 18.3. The van der Waals surface area contributed by atoms with Crippen LogP contribution in [-0.2, 0) is 21.5 Å². The van der Waals surface area contributed by atoms with Crippen LogP contribution < -0.4 is 5.48 Å². The number of nitriles is 1. The molecule has 11 heteroatoms. The van der Waals surface area contributed by atoms with Gasteiger partial charge in [0.25, 0.3) is 10.0 Å². The molecule has 3 heterocycles. The fraction of sp³-hybridized carbons (Fsp3) is 0.407. The number of amidine groups is 1. The molecule has 198 valence electrons. The molecule has 4 aromatic rings. The first-order valence-electron chi connectivity index (χ1n) is 12.8. The molecule has 1 aliphatic carbocycles. The van der Waals surface area contributed by atoms with Gasteiger partial charge < -0.3 is 4.57 Å². The van der Waals surface area contributed by atoms with Gasteiger partial charge in [0.05, 0.1) is 22.7 Å². The zero-order chi connectivity index (χ0) is 26.9. The molecule has 0 aliphatic heterocycles. The van der Waals surface area contributed by atoms with Gasteiger partial charge in [-0.1, -0.05) is 32.0 Å². The van der Waals surface area contributed by atoms with E-state index in [0.29, 0.717) is 34.7 Å². The molecule has 0 saturated heterocycles. The van der Waals surface area contributed by atoms with Gasteiger partial charge in [-0.2, -0.15) is 5.26 Å². The van der Waals surface area contributed by atoms with Crippen LogP contribution in [0.2, 0.25) is 0 Å². The Labute approximate surface area is 221 Å². The maximum atomic E-state index is 13.4. The third kappa shape index (κ3) is 4.77. The average Bonchev–Trinajstić information content (AvgIpc) is 3.51. The summed E-state index contributed by atoms with van der Waals surface area (Å²) in [7, 11) is -3.83. The molecule has 5 rings (SSSR count). The number of nitrogens with one attached hydrogen (secondary N) is 2. The summed E-state index contributed by atoms with van der Waals surface area (Å²) in [4.78, 5) is 15.2. The quantitative estimate of drug-likeness (QED) is 0.186. The van der Waals surface area contributed by atoms with Crippen LogP contribution in [0.1, 0.15) is 57.8 Å². The van der Waals surface area contributed by atoms with Crippen LogP contribution >= 0.6 is 0 Å². The normalized spacial score (nSPS) is 18.2. The number of hydrogen-bond donors (Lipinski definition) is 2. The molecule has 1 aromatic carbocycles. The topological polar surface area (TPSA) is 139 Å². The van der Waals surface area contributed by atoms with Crippen LogP contribution in [-0.4, -0.2) is 32.8 Å². The highest BCUT2D eigenvalue weighted by Crippen LogP contribution is 2.38. The Bertz CT molecular complexity index is 1610. The van der Waals surface area contributed by atoms with Crippen molar-refractivity contribution in [1.29, 1.82) is 10.7 Å². The van der Waals surface area contributed by atoms with E-state index in [2.05, 4.69) is 21.1 Å². The van der Waals surface area contributed by atoms with Crippen molar-refractivity contribution in [3.63, 3.8) is 0 Å². The van der Waals surface area contributed by atoms with Gasteiger partial charge in [-0.05, 0) is 49.8 Å². The molecule has 38 heavy (non-hydrogen) atoms. The minimum Gasteiger partial charge on any atom is -0.322 e. The van der Waals surface area contributed by atoms with E-state index in [9.17, 15) is 8.42 Å². The summed E-state index contributed by atoms with van der Waals surface area (Å²) in [6.45, 7) is 3.95. The van der Waals surface area contributed by atoms with Crippen molar-refractivity contribution in [2.45, 2.75) is 63.5 Å². The predicted octanol–water partition coefficient (Wildman–Crippen LogP) is 4.92. The van der Waals surface area contributed by atoms with E-state index < -0.39 is 10.0 Å². The van der Waals surface area contributed by atoms with Crippen molar-refractivity contribution in [3.8, 4) is 6.07 Å². The number of nitrogens with zero attached hydrogens (tertiary/aromatic N) is 5. The fourth-order valence-corrected chi connectivity index (χ4v) is 6.45. The van der Waals surface area contributed by atoms with Crippen molar-refractivity contribution < 1.29 is 13.3 Å². The molecule has 0 spiro atoms. The molecular formula is C27H31N7O3S. The van der Waals surface area contributed by atoms with Gasteiger partial charge in [-0.15, -0.1) is 0 Å². The summed E-state index contributed by atoms with van der Waals surface area (Å²) in [5.74, 6) is 1.34. The van der Waals surface area contributed by atoms with Crippen molar-refractivity contribution in [2.75, 3.05) is 0 Å². The van der Waals surface area contributed by atoms with E-state index in [-0.39, 0.29) is 29.3 Å². The summed E-state index contributed by atoms with van der Waals surface area (Å²) in [5.41, 5.74) is 4.52. The first kappa shape index (κ1) is 25.9. The standard InChI is InChI=1S/C27H31N7O3S/c1-18(2)26(29)32-37-17-24-31-23-16-30-27-22(13-15-33(27)38(35,36)21-6-4-3-5-7-21)25(23)34(24)20-10-8-19(9-11-20)12-14-28/h3-7,13,15-16,18-20H,8-12,17H2,1-2H3,(H2,29,32). The molecule has 1 aliphatic rings. The largest absolute Gasteiger partial charge is 0.322 e. The number of hydroxylamine groups is 1. The highest BCUT2D eigenvalue weighted by molar-refractivity contribution is 7.90. The zero-order valence-corrected chi connectivity index (χ0v) is 22.3. The summed E-state index contributed by atoms with van der Waals surface area (Å²) in [6, 6.07) is 12.5. The highest BCUT2D eigenvalue weighted by Gasteiger charge is 2.28. The number of benzene rings is 1. The van der Waals surface area contributed by atoms with Crippen molar-refractivity contribution in [2.24, 2.45) is 11.8 Å². The number of hydrogen-bond acceptors (Lipinski definition) is 7. The monoisotopic (exact) mass is 533 g/mol. The Morgan fingerprint density at radius 2 is 1.95 bits per heavy atom. The van der Waals surface area contributed by atoms with E-state index >= 15 is 0 Å². The third-order valence-electron chi connectivity index (χ3n) is 7.22. The Balaban J connectivity index is 1.59. The molecule has 10 nitrogen and oxygen atoms in total. The fourth-order valence-electron chi connectivity index (χ4n) is 5.12. The van der Waals surface area contributed by atoms with Gasteiger partial charge in [0.1, 0.15) is 23.8 Å². The maximum Gasteiger partial charge on any atom is 0.269 e. The third-order valence-corrected chi connectivity index (χ3v) is 8.90. The lowest BCUT2D eigenvalue weighted by Gasteiger charge is -2.30. The Hall–Kier alpha value is -3.75. The Morgan fingerprint density at radius 3 is 2.63 bits per heavy atom. The average molecular weight is 534 g/mol. The highest BCUT2D eigenvalue weighted by atomic mass is 32.2. The second-order valence-electron chi connectivity index (χ2n) is 10.1. The summed E-state index contributed by atoms with van der Waals surface area (Å²) < 4.78 is 30.2. The number of rotatable bonds is 8. The zero-order valence-electron chi connectivity index (χ0n) is 21.5. The SMILES string of the molecule is CC(C)C(=N)NOCc1nc2cnc3c(ccn3S(=O)(=O)c3ccccc3)c2n1C1CCC(CC#N)CC1. The van der Waals surface area contributed by atoms with Gasteiger partial charge in [0.15, 0.2) is 5.65 Å². The maximum absolute atomic E-state index is 13.4. The van der Waals surface area contributed by atoms with Crippen LogP contribution in [0.3, 0.4) is 0 Å². The molecule has 0 unspecified atom stereocenters. The second kappa shape index (κ2) is 10.6. The minimum atomic E-state index is -3.83. The smallest absolute Gasteiger partial charge is 0.269 e. The van der Waals surface area contributed by atoms with Crippen molar-refractivity contribution in [1.82, 2.24) is 24.0 Å². The van der Waals surface area contributed by atoms with Crippen LogP contribution in [0.15, 0.2) is 53.7 Å². The molecule has 0 bridgehead atoms. The first-order valence-corrected chi connectivity index (χ1v) is 14.3. The molecule has 1 fully saturated rings. The number of pyridine rings is 1. The molecule has 2 N–H and O–H groups in total. The van der Waals surface area contributed by atoms with E-state index in [1.54, 1.807) is 48.8 Å². The minimum absolute atomic E-state index is 0.000572. The Morgan fingerprint density at radius 1 is 1.21 bits per heavy atom.